The molecule has 1 aliphatic heterocycles. The molecular formula is C13H18N2O4. The normalized spacial score (nSPS) is 16.1. The lowest BCUT2D eigenvalue weighted by molar-refractivity contribution is -0.385. The van der Waals surface area contributed by atoms with Gasteiger partial charge >= 0.3 is 5.69 Å². The third-order valence-corrected chi connectivity index (χ3v) is 3.30. The van der Waals surface area contributed by atoms with Gasteiger partial charge in [-0.05, 0) is 37.9 Å². The van der Waals surface area contributed by atoms with E-state index < -0.39 is 4.92 Å². The number of nitrogens with zero attached hydrogens (tertiary/aromatic N) is 1. The van der Waals surface area contributed by atoms with Crippen LogP contribution in [0, 0.1) is 16.0 Å². The summed E-state index contributed by atoms with van der Waals surface area (Å²) >= 11 is 0. The average molecular weight is 266 g/mol. The Morgan fingerprint density at radius 2 is 2.16 bits per heavy atom. The molecule has 1 heterocycles. The molecule has 1 fully saturated rings. The molecule has 1 aliphatic rings. The Morgan fingerprint density at radius 1 is 1.42 bits per heavy atom. The van der Waals surface area contributed by atoms with Gasteiger partial charge < -0.3 is 14.8 Å². The van der Waals surface area contributed by atoms with Crippen LogP contribution < -0.4 is 14.8 Å². The average Bonchev–Trinajstić information content (AvgIpc) is 2.45. The number of ether oxygens (including phenoxy) is 2. The third kappa shape index (κ3) is 3.57. The number of methoxy groups -OCH3 is 1. The minimum Gasteiger partial charge on any atom is -0.497 e. The topological polar surface area (TPSA) is 73.6 Å². The molecule has 1 aromatic carbocycles. The number of benzene rings is 1. The second-order valence-electron chi connectivity index (χ2n) is 4.60. The van der Waals surface area contributed by atoms with Crippen LogP contribution in [0.3, 0.4) is 0 Å². The van der Waals surface area contributed by atoms with Gasteiger partial charge in [0.1, 0.15) is 5.75 Å². The first-order valence-corrected chi connectivity index (χ1v) is 6.36. The van der Waals surface area contributed by atoms with E-state index >= 15 is 0 Å². The molecule has 0 atom stereocenters. The standard InChI is InChI=1S/C13H18N2O4/c1-18-11-2-3-12(15(16)17)13(8-11)19-9-10-4-6-14-7-5-10/h2-3,8,10,14H,4-7,9H2,1H3. The molecule has 0 aliphatic carbocycles. The van der Waals surface area contributed by atoms with Crippen molar-refractivity contribution in [2.75, 3.05) is 26.8 Å². The zero-order valence-electron chi connectivity index (χ0n) is 10.9. The molecule has 0 unspecified atom stereocenters. The van der Waals surface area contributed by atoms with Crippen LogP contribution in [0.4, 0.5) is 5.69 Å². The highest BCUT2D eigenvalue weighted by atomic mass is 16.6. The number of piperidine rings is 1. The first-order chi connectivity index (χ1) is 9.20. The maximum Gasteiger partial charge on any atom is 0.311 e. The second-order valence-corrected chi connectivity index (χ2v) is 4.60. The number of nitro benzene ring substituents is 1. The highest BCUT2D eigenvalue weighted by Gasteiger charge is 2.19. The van der Waals surface area contributed by atoms with E-state index in [1.165, 1.54) is 13.2 Å². The molecule has 104 valence electrons. The number of rotatable bonds is 5. The van der Waals surface area contributed by atoms with Gasteiger partial charge in [0.05, 0.1) is 18.6 Å². The summed E-state index contributed by atoms with van der Waals surface area (Å²) in [4.78, 5) is 10.5. The zero-order chi connectivity index (χ0) is 13.7. The highest BCUT2D eigenvalue weighted by Crippen LogP contribution is 2.31. The highest BCUT2D eigenvalue weighted by molar-refractivity contribution is 5.50. The maximum absolute atomic E-state index is 10.9. The van der Waals surface area contributed by atoms with Crippen molar-refractivity contribution in [2.45, 2.75) is 12.8 Å². The molecule has 0 radical (unpaired) electrons. The SMILES string of the molecule is COc1ccc([N+](=O)[O-])c(OCC2CCNCC2)c1. The number of nitro groups is 1. The van der Waals surface area contributed by atoms with Gasteiger partial charge in [0.25, 0.3) is 0 Å². The number of nitrogens with one attached hydrogen (secondary N) is 1. The number of hydrogen-bond acceptors (Lipinski definition) is 5. The fourth-order valence-electron chi connectivity index (χ4n) is 2.14. The van der Waals surface area contributed by atoms with Gasteiger partial charge in [-0.15, -0.1) is 0 Å². The van der Waals surface area contributed by atoms with E-state index in [9.17, 15) is 10.1 Å². The predicted octanol–water partition coefficient (Wildman–Crippen LogP) is 1.98. The first-order valence-electron chi connectivity index (χ1n) is 6.36. The Kier molecular flexibility index (Phi) is 4.57. The Bertz CT molecular complexity index is 444. The van der Waals surface area contributed by atoms with Crippen molar-refractivity contribution in [2.24, 2.45) is 5.92 Å². The molecule has 0 amide bonds. The first kappa shape index (κ1) is 13.6. The van der Waals surface area contributed by atoms with E-state index in [0.29, 0.717) is 18.3 Å². The quantitative estimate of drug-likeness (QED) is 0.651. The minimum atomic E-state index is -0.433. The maximum atomic E-state index is 10.9. The Morgan fingerprint density at radius 3 is 2.79 bits per heavy atom. The molecule has 0 spiro atoms. The lowest BCUT2D eigenvalue weighted by Crippen LogP contribution is -2.30. The lowest BCUT2D eigenvalue weighted by atomic mass is 9.99. The Labute approximate surface area is 111 Å². The summed E-state index contributed by atoms with van der Waals surface area (Å²) < 4.78 is 10.7. The van der Waals surface area contributed by atoms with Crippen molar-refractivity contribution in [3.8, 4) is 11.5 Å². The van der Waals surface area contributed by atoms with Crippen LogP contribution in [0.2, 0.25) is 0 Å². The van der Waals surface area contributed by atoms with Gasteiger partial charge in [0.2, 0.25) is 5.75 Å². The summed E-state index contributed by atoms with van der Waals surface area (Å²) in [6.45, 7) is 2.47. The Hall–Kier alpha value is -1.82. The van der Waals surface area contributed by atoms with E-state index in [1.54, 1.807) is 12.1 Å². The van der Waals surface area contributed by atoms with Crippen LogP contribution >= 0.6 is 0 Å². The predicted molar refractivity (Wildman–Crippen MR) is 70.7 cm³/mol. The molecule has 6 heteroatoms. The van der Waals surface area contributed by atoms with Crippen LogP contribution in [-0.4, -0.2) is 31.7 Å². The summed E-state index contributed by atoms with van der Waals surface area (Å²) in [6, 6.07) is 4.55. The van der Waals surface area contributed by atoms with E-state index in [0.717, 1.165) is 25.9 Å². The molecule has 1 N–H and O–H groups in total. The van der Waals surface area contributed by atoms with Crippen LogP contribution in [0.5, 0.6) is 11.5 Å². The largest absolute Gasteiger partial charge is 0.497 e. The monoisotopic (exact) mass is 266 g/mol. The fourth-order valence-corrected chi connectivity index (χ4v) is 2.14. The van der Waals surface area contributed by atoms with Crippen molar-refractivity contribution >= 4 is 5.69 Å². The molecule has 0 bridgehead atoms. The summed E-state index contributed by atoms with van der Waals surface area (Å²) in [5, 5.41) is 14.2. The molecular weight excluding hydrogens is 248 g/mol. The van der Waals surface area contributed by atoms with Gasteiger partial charge in [-0.3, -0.25) is 10.1 Å². The van der Waals surface area contributed by atoms with E-state index in [-0.39, 0.29) is 11.4 Å². The van der Waals surface area contributed by atoms with Gasteiger partial charge in [-0.25, -0.2) is 0 Å². The molecule has 19 heavy (non-hydrogen) atoms. The van der Waals surface area contributed by atoms with Gasteiger partial charge in [-0.1, -0.05) is 0 Å². The van der Waals surface area contributed by atoms with Crippen LogP contribution in [0.1, 0.15) is 12.8 Å². The van der Waals surface area contributed by atoms with Gasteiger partial charge in [-0.2, -0.15) is 0 Å². The summed E-state index contributed by atoms with van der Waals surface area (Å²) in [5.74, 6) is 1.29. The summed E-state index contributed by atoms with van der Waals surface area (Å²) in [7, 11) is 1.53. The number of hydrogen-bond donors (Lipinski definition) is 1. The Balaban J connectivity index is 2.06. The van der Waals surface area contributed by atoms with Crippen molar-refractivity contribution < 1.29 is 14.4 Å². The van der Waals surface area contributed by atoms with E-state index in [1.807, 2.05) is 0 Å². The van der Waals surface area contributed by atoms with Crippen LogP contribution in [-0.2, 0) is 0 Å². The summed E-state index contributed by atoms with van der Waals surface area (Å²) in [5.41, 5.74) is -0.0188. The molecule has 6 nitrogen and oxygen atoms in total. The molecule has 0 saturated carbocycles. The smallest absolute Gasteiger partial charge is 0.311 e. The van der Waals surface area contributed by atoms with Gasteiger partial charge in [0, 0.05) is 12.1 Å². The van der Waals surface area contributed by atoms with Crippen molar-refractivity contribution in [3.05, 3.63) is 28.3 Å². The van der Waals surface area contributed by atoms with Crippen LogP contribution in [0.15, 0.2) is 18.2 Å². The fraction of sp³-hybridized carbons (Fsp3) is 0.538. The van der Waals surface area contributed by atoms with Crippen molar-refractivity contribution in [3.63, 3.8) is 0 Å². The molecule has 1 aromatic rings. The lowest BCUT2D eigenvalue weighted by Gasteiger charge is -2.22. The minimum absolute atomic E-state index is 0.0188. The van der Waals surface area contributed by atoms with Crippen molar-refractivity contribution in [1.82, 2.24) is 5.32 Å². The summed E-state index contributed by atoms with van der Waals surface area (Å²) in [6.07, 6.45) is 2.08. The molecule has 0 aromatic heterocycles. The van der Waals surface area contributed by atoms with E-state index in [2.05, 4.69) is 5.32 Å². The van der Waals surface area contributed by atoms with Crippen LogP contribution in [0.25, 0.3) is 0 Å². The molecule has 2 rings (SSSR count). The second kappa shape index (κ2) is 6.38. The molecule has 1 saturated heterocycles. The zero-order valence-corrected chi connectivity index (χ0v) is 10.9. The van der Waals surface area contributed by atoms with Crippen molar-refractivity contribution in [1.29, 1.82) is 0 Å². The third-order valence-electron chi connectivity index (χ3n) is 3.30. The van der Waals surface area contributed by atoms with E-state index in [4.69, 9.17) is 9.47 Å². The van der Waals surface area contributed by atoms with Gasteiger partial charge in [0.15, 0.2) is 0 Å².